The fourth-order valence-corrected chi connectivity index (χ4v) is 4.87. The molecule has 2 aromatic rings. The number of aryl methyl sites for hydroxylation is 1. The van der Waals surface area contributed by atoms with E-state index in [0.29, 0.717) is 74.5 Å². The van der Waals surface area contributed by atoms with Crippen LogP contribution in [0.4, 0.5) is 9.93 Å². The first-order chi connectivity index (χ1) is 19.4. The van der Waals surface area contributed by atoms with Crippen LogP contribution in [-0.4, -0.2) is 69.8 Å². The van der Waals surface area contributed by atoms with Crippen LogP contribution in [0.5, 0.6) is 0 Å². The van der Waals surface area contributed by atoms with E-state index in [1.54, 1.807) is 30.9 Å². The largest absolute Gasteiger partial charge is 0.450 e. The van der Waals surface area contributed by atoms with Crippen molar-refractivity contribution in [3.05, 3.63) is 41.7 Å². The quantitative estimate of drug-likeness (QED) is 0.0854. The normalized spacial score (nSPS) is 13.0. The molecule has 0 spiro atoms. The van der Waals surface area contributed by atoms with Crippen molar-refractivity contribution in [3.63, 3.8) is 0 Å². The molecule has 0 saturated carbocycles. The number of carbonyl (C=O) groups is 4. The second kappa shape index (κ2) is 18.7. The van der Waals surface area contributed by atoms with Gasteiger partial charge in [-0.1, -0.05) is 19.4 Å². The van der Waals surface area contributed by atoms with E-state index in [1.165, 1.54) is 11.3 Å². The van der Waals surface area contributed by atoms with Crippen molar-refractivity contribution in [1.29, 1.82) is 0 Å². The minimum Gasteiger partial charge on any atom is -0.450 e. The predicted octanol–water partition coefficient (Wildman–Crippen LogP) is 3.53. The number of thiazole rings is 1. The number of rotatable bonds is 19. The summed E-state index contributed by atoms with van der Waals surface area (Å²) in [6.45, 7) is 4.26. The van der Waals surface area contributed by atoms with Crippen LogP contribution in [0.25, 0.3) is 0 Å². The number of anilines is 1. The number of hydrogen-bond donors (Lipinski definition) is 4. The van der Waals surface area contributed by atoms with Gasteiger partial charge in [-0.05, 0) is 63.5 Å². The van der Waals surface area contributed by atoms with E-state index >= 15 is 0 Å². The molecule has 4 amide bonds. The molecule has 4 N–H and O–H groups in total. The summed E-state index contributed by atoms with van der Waals surface area (Å²) in [4.78, 5) is 58.0. The lowest BCUT2D eigenvalue weighted by Crippen LogP contribution is -2.51. The van der Waals surface area contributed by atoms with Crippen LogP contribution in [0, 0.1) is 5.92 Å². The lowest BCUT2D eigenvalue weighted by molar-refractivity contribution is -0.169. The zero-order chi connectivity index (χ0) is 29.2. The highest BCUT2D eigenvalue weighted by Crippen LogP contribution is 2.22. The van der Waals surface area contributed by atoms with Crippen LogP contribution < -0.4 is 16.0 Å². The van der Waals surface area contributed by atoms with E-state index in [0.717, 1.165) is 5.56 Å². The van der Waals surface area contributed by atoms with Gasteiger partial charge in [0.25, 0.3) is 0 Å². The number of alkyl carbamates (subject to hydrolysis) is 1. The Hall–Kier alpha value is -3.58. The van der Waals surface area contributed by atoms with Crippen LogP contribution in [0.15, 0.2) is 36.1 Å². The maximum absolute atomic E-state index is 13.6. The first-order valence-electron chi connectivity index (χ1n) is 13.6. The van der Waals surface area contributed by atoms with Gasteiger partial charge in [-0.3, -0.25) is 24.6 Å². The highest BCUT2D eigenvalue weighted by molar-refractivity contribution is 7.13. The minimum absolute atomic E-state index is 0.272. The Morgan fingerprint density at radius 2 is 1.95 bits per heavy atom. The molecule has 0 fully saturated rings. The average molecular weight is 577 g/mol. The molecule has 12 nitrogen and oxygen atoms in total. The SMILES string of the molecule is CCC[C@@H]([C@@H](CCCc1cccnc1)C(=O)N[C@@H](CCCCNC(=O)OCC)C(=O)Nc1nccs1)N(O)C=O. The standard InChI is InChI=1S/C27H40N6O6S/c1-3-9-23(33(38)19-34)21(12-7-10-20-11-8-14-28-18-20)24(35)31-22(25(36)32-26-29-16-17-40-26)13-5-6-15-30-27(37)39-4-2/h8,11,14,16-19,21-23,38H,3-7,9-10,12-13,15H2,1-2H3,(H,30,37)(H,31,35)(H,29,32,36)/t21-,22+,23+/m1/s1. The van der Waals surface area contributed by atoms with Crippen molar-refractivity contribution in [3.8, 4) is 0 Å². The molecule has 0 aliphatic rings. The Kier molecular flexibility index (Phi) is 15.2. The van der Waals surface area contributed by atoms with Crippen molar-refractivity contribution in [1.82, 2.24) is 25.7 Å². The van der Waals surface area contributed by atoms with E-state index in [2.05, 4.69) is 25.9 Å². The number of ether oxygens (including phenoxy) is 1. The minimum atomic E-state index is -0.884. The second-order valence-corrected chi connectivity index (χ2v) is 10.1. The van der Waals surface area contributed by atoms with Crippen LogP contribution in [0.1, 0.15) is 64.4 Å². The first kappa shape index (κ1) is 32.6. The van der Waals surface area contributed by atoms with Gasteiger partial charge in [0, 0.05) is 30.5 Å². The van der Waals surface area contributed by atoms with Crippen LogP contribution >= 0.6 is 11.3 Å². The van der Waals surface area contributed by atoms with Crippen LogP contribution in [0.2, 0.25) is 0 Å². The van der Waals surface area contributed by atoms with Gasteiger partial charge < -0.3 is 20.7 Å². The monoisotopic (exact) mass is 576 g/mol. The molecule has 0 aromatic carbocycles. The lowest BCUT2D eigenvalue weighted by Gasteiger charge is -2.31. The summed E-state index contributed by atoms with van der Waals surface area (Å²) < 4.78 is 4.85. The maximum Gasteiger partial charge on any atom is 0.407 e. The summed E-state index contributed by atoms with van der Waals surface area (Å²) in [6.07, 6.45) is 8.97. The summed E-state index contributed by atoms with van der Waals surface area (Å²) in [5.41, 5.74) is 1.02. The summed E-state index contributed by atoms with van der Waals surface area (Å²) in [5, 5.41) is 21.3. The molecule has 40 heavy (non-hydrogen) atoms. The number of nitrogens with zero attached hydrogens (tertiary/aromatic N) is 3. The van der Waals surface area contributed by atoms with Crippen molar-refractivity contribution < 1.29 is 29.1 Å². The molecule has 220 valence electrons. The van der Waals surface area contributed by atoms with Gasteiger partial charge in [-0.2, -0.15) is 0 Å². The van der Waals surface area contributed by atoms with Gasteiger partial charge in [0.05, 0.1) is 18.6 Å². The highest BCUT2D eigenvalue weighted by Gasteiger charge is 2.33. The molecule has 0 radical (unpaired) electrons. The molecule has 2 heterocycles. The molecular formula is C27H40N6O6S. The van der Waals surface area contributed by atoms with Gasteiger partial charge in [0.2, 0.25) is 18.2 Å². The molecule has 2 aromatic heterocycles. The van der Waals surface area contributed by atoms with Gasteiger partial charge in [-0.25, -0.2) is 14.8 Å². The highest BCUT2D eigenvalue weighted by atomic mass is 32.1. The molecule has 0 bridgehead atoms. The topological polar surface area (TPSA) is 163 Å². The van der Waals surface area contributed by atoms with Crippen LogP contribution in [-0.2, 0) is 25.5 Å². The fraction of sp³-hybridized carbons (Fsp3) is 0.556. The lowest BCUT2D eigenvalue weighted by atomic mass is 9.88. The van der Waals surface area contributed by atoms with E-state index in [1.807, 2.05) is 19.1 Å². The molecule has 0 aliphatic carbocycles. The van der Waals surface area contributed by atoms with Crippen molar-refractivity contribution >= 4 is 40.8 Å². The first-order valence-corrected chi connectivity index (χ1v) is 14.5. The van der Waals surface area contributed by atoms with Gasteiger partial charge in [-0.15, -0.1) is 11.3 Å². The molecule has 0 saturated heterocycles. The Bertz CT molecular complexity index is 1030. The van der Waals surface area contributed by atoms with E-state index < -0.39 is 35.9 Å². The van der Waals surface area contributed by atoms with Gasteiger partial charge >= 0.3 is 6.09 Å². The fourth-order valence-electron chi connectivity index (χ4n) is 4.33. The number of nitrogens with one attached hydrogen (secondary N) is 3. The third-order valence-corrected chi connectivity index (χ3v) is 6.99. The summed E-state index contributed by atoms with van der Waals surface area (Å²) in [5.74, 6) is -1.58. The Labute approximate surface area is 238 Å². The number of unbranched alkanes of at least 4 members (excludes halogenated alkanes) is 1. The Morgan fingerprint density at radius 1 is 1.12 bits per heavy atom. The van der Waals surface area contributed by atoms with Gasteiger partial charge in [0.15, 0.2) is 5.13 Å². The number of carbonyl (C=O) groups excluding carboxylic acids is 4. The zero-order valence-corrected chi connectivity index (χ0v) is 23.9. The van der Waals surface area contributed by atoms with E-state index in [-0.39, 0.29) is 6.61 Å². The number of hydrogen-bond acceptors (Lipinski definition) is 9. The predicted molar refractivity (Wildman–Crippen MR) is 151 cm³/mol. The number of hydroxylamine groups is 2. The Morgan fingerprint density at radius 3 is 2.60 bits per heavy atom. The van der Waals surface area contributed by atoms with Crippen molar-refractivity contribution in [2.24, 2.45) is 5.92 Å². The number of aromatic nitrogens is 2. The smallest absolute Gasteiger partial charge is 0.407 e. The summed E-state index contributed by atoms with van der Waals surface area (Å²) >= 11 is 1.26. The Balaban J connectivity index is 2.12. The molecule has 13 heteroatoms. The number of amides is 4. The molecule has 0 aliphatic heterocycles. The van der Waals surface area contributed by atoms with E-state index in [9.17, 15) is 24.4 Å². The summed E-state index contributed by atoms with van der Waals surface area (Å²) in [7, 11) is 0. The zero-order valence-electron chi connectivity index (χ0n) is 23.1. The molecule has 3 atom stereocenters. The van der Waals surface area contributed by atoms with Crippen molar-refractivity contribution in [2.75, 3.05) is 18.5 Å². The molecule has 2 rings (SSSR count). The third kappa shape index (κ3) is 11.7. The van der Waals surface area contributed by atoms with Crippen LogP contribution in [0.3, 0.4) is 0 Å². The third-order valence-electron chi connectivity index (χ3n) is 6.30. The second-order valence-electron chi connectivity index (χ2n) is 9.23. The van der Waals surface area contributed by atoms with E-state index in [4.69, 9.17) is 4.74 Å². The molecule has 0 unspecified atom stereocenters. The molecular weight excluding hydrogens is 536 g/mol. The van der Waals surface area contributed by atoms with Crippen molar-refractivity contribution in [2.45, 2.75) is 77.3 Å². The van der Waals surface area contributed by atoms with Gasteiger partial charge in [0.1, 0.15) is 6.04 Å². The summed E-state index contributed by atoms with van der Waals surface area (Å²) in [6, 6.07) is 2.17. The number of pyridine rings is 1. The maximum atomic E-state index is 13.6. The average Bonchev–Trinajstić information content (AvgIpc) is 3.46.